The van der Waals surface area contributed by atoms with E-state index in [1.165, 1.54) is 24.4 Å². The minimum absolute atomic E-state index is 0.0478. The maximum Gasteiger partial charge on any atom is 0.198 e. The highest BCUT2D eigenvalue weighted by atomic mass is 35.5. The molecule has 1 N–H and O–H groups in total. The van der Waals surface area contributed by atoms with Crippen LogP contribution in [0.15, 0.2) is 30.6 Å². The number of halogens is 3. The lowest BCUT2D eigenvalue weighted by atomic mass is 9.87. The fourth-order valence-electron chi connectivity index (χ4n) is 3.66. The summed E-state index contributed by atoms with van der Waals surface area (Å²) >= 11 is 11.9. The van der Waals surface area contributed by atoms with Crippen molar-refractivity contribution >= 4 is 47.8 Å². The highest BCUT2D eigenvalue weighted by Gasteiger charge is 2.21. The van der Waals surface area contributed by atoms with E-state index in [1.54, 1.807) is 10.8 Å². The van der Waals surface area contributed by atoms with Crippen LogP contribution in [0.3, 0.4) is 0 Å². The molecule has 0 radical (unpaired) electrons. The predicted octanol–water partition coefficient (Wildman–Crippen LogP) is 7.78. The number of rotatable bonds is 13. The summed E-state index contributed by atoms with van der Waals surface area (Å²) < 4.78 is 43.2. The van der Waals surface area contributed by atoms with E-state index in [2.05, 4.69) is 24.6 Å². The average molecular weight is 569 g/mol. The third kappa shape index (κ3) is 8.28. The van der Waals surface area contributed by atoms with Gasteiger partial charge in [-0.05, 0) is 52.9 Å². The van der Waals surface area contributed by atoms with Gasteiger partial charge in [-0.25, -0.2) is 13.8 Å². The van der Waals surface area contributed by atoms with Crippen LogP contribution >= 0.6 is 23.8 Å². The monoisotopic (exact) mass is 568 g/mol. The van der Waals surface area contributed by atoms with Crippen molar-refractivity contribution in [3.8, 4) is 11.5 Å². The molecule has 0 aliphatic heterocycles. The summed E-state index contributed by atoms with van der Waals surface area (Å²) in [5.41, 5.74) is 0.673. The second-order valence-electron chi connectivity index (χ2n) is 11.3. The van der Waals surface area contributed by atoms with Gasteiger partial charge in [-0.15, -0.1) is 0 Å². The zero-order valence-electron chi connectivity index (χ0n) is 22.0. The topological polar surface area (TPSA) is 56.5 Å². The van der Waals surface area contributed by atoms with Crippen LogP contribution in [0.25, 0.3) is 11.0 Å². The molecule has 2 heterocycles. The number of thiocarbonyl (C=S) groups is 1. The number of nitrogens with zero attached hydrogens (tertiary/aromatic N) is 2. The summed E-state index contributed by atoms with van der Waals surface area (Å²) in [5, 5.41) is 10.2. The molecule has 5 nitrogen and oxygen atoms in total. The van der Waals surface area contributed by atoms with Gasteiger partial charge in [-0.3, -0.25) is 0 Å². The van der Waals surface area contributed by atoms with Gasteiger partial charge in [0.05, 0.1) is 10.4 Å². The average Bonchev–Trinajstić information content (AvgIpc) is 3.13. The smallest absolute Gasteiger partial charge is 0.198 e. The molecule has 0 aliphatic carbocycles. The molecule has 10 heteroatoms. The van der Waals surface area contributed by atoms with Crippen molar-refractivity contribution in [2.45, 2.75) is 65.5 Å². The quantitative estimate of drug-likeness (QED) is 0.130. The lowest BCUT2D eigenvalue weighted by Crippen LogP contribution is -2.22. The van der Waals surface area contributed by atoms with E-state index in [9.17, 15) is 13.9 Å². The third-order valence-electron chi connectivity index (χ3n) is 6.08. The molecule has 0 bridgehead atoms. The van der Waals surface area contributed by atoms with Gasteiger partial charge in [0.25, 0.3) is 0 Å². The van der Waals surface area contributed by atoms with Crippen molar-refractivity contribution in [1.29, 1.82) is 0 Å². The Labute approximate surface area is 228 Å². The molecule has 0 atom stereocenters. The highest BCUT2D eigenvalue weighted by Crippen LogP contribution is 2.37. The third-order valence-corrected chi connectivity index (χ3v) is 8.42. The van der Waals surface area contributed by atoms with Crippen LogP contribution in [0.2, 0.25) is 30.7 Å². The zero-order chi connectivity index (χ0) is 27.4. The molecule has 0 fully saturated rings. The van der Waals surface area contributed by atoms with E-state index in [0.29, 0.717) is 45.9 Å². The first-order valence-corrected chi connectivity index (χ1v) is 16.8. The van der Waals surface area contributed by atoms with Crippen molar-refractivity contribution in [1.82, 2.24) is 9.55 Å². The number of fused-ring (bicyclic) bond motifs is 1. The van der Waals surface area contributed by atoms with Gasteiger partial charge in [0.2, 0.25) is 0 Å². The summed E-state index contributed by atoms with van der Waals surface area (Å²) in [5.74, 6) is -1.98. The van der Waals surface area contributed by atoms with Gasteiger partial charge in [-0.1, -0.05) is 57.3 Å². The molecular weight excluding hydrogens is 534 g/mol. The fourth-order valence-corrected chi connectivity index (χ4v) is 4.98. The number of pyridine rings is 1. The van der Waals surface area contributed by atoms with Gasteiger partial charge in [0.15, 0.2) is 17.4 Å². The summed E-state index contributed by atoms with van der Waals surface area (Å²) in [6.07, 6.45) is 4.71. The molecule has 202 valence electrons. The van der Waals surface area contributed by atoms with Crippen molar-refractivity contribution in [3.05, 3.63) is 52.8 Å². The summed E-state index contributed by atoms with van der Waals surface area (Å²) in [6, 6.07) is 5.02. The summed E-state index contributed by atoms with van der Waals surface area (Å²) in [6.45, 7) is 11.7. The van der Waals surface area contributed by atoms with E-state index < -0.39 is 25.5 Å². The molecule has 0 unspecified atom stereocenters. The Morgan fingerprint density at radius 2 is 1.89 bits per heavy atom. The van der Waals surface area contributed by atoms with Crippen LogP contribution in [0.5, 0.6) is 11.5 Å². The van der Waals surface area contributed by atoms with Gasteiger partial charge in [0, 0.05) is 40.1 Å². The second kappa shape index (κ2) is 12.3. The van der Waals surface area contributed by atoms with E-state index in [1.807, 2.05) is 13.8 Å². The van der Waals surface area contributed by atoms with Gasteiger partial charge in [-0.2, -0.15) is 0 Å². The fraction of sp³-hybridized carbons (Fsp3) is 0.481. The summed E-state index contributed by atoms with van der Waals surface area (Å²) in [4.78, 5) is 5.05. The Morgan fingerprint density at radius 3 is 2.51 bits per heavy atom. The molecule has 1 aromatic carbocycles. The normalized spacial score (nSPS) is 12.4. The largest absolute Gasteiger partial charge is 0.450 e. The van der Waals surface area contributed by atoms with E-state index in [-0.39, 0.29) is 30.9 Å². The zero-order valence-corrected chi connectivity index (χ0v) is 24.6. The van der Waals surface area contributed by atoms with Crippen molar-refractivity contribution in [2.75, 3.05) is 13.2 Å². The Balaban J connectivity index is 1.75. The molecule has 0 spiro atoms. The predicted molar refractivity (Wildman–Crippen MR) is 152 cm³/mol. The SMILES string of the molecule is CC(C)(CO)CCC(=S)Cc1cc(F)c(Oc2ccnc3c2c(Cl)cn3COCC[Si](C)(C)C)c(F)c1. The molecule has 3 aromatic rings. The first-order valence-electron chi connectivity index (χ1n) is 12.3. The number of ether oxygens (including phenoxy) is 2. The van der Waals surface area contributed by atoms with Crippen LogP contribution < -0.4 is 4.74 Å². The van der Waals surface area contributed by atoms with Gasteiger partial charge in [0.1, 0.15) is 18.1 Å². The maximum absolute atomic E-state index is 15.0. The Kier molecular flexibility index (Phi) is 9.85. The number of benzene rings is 1. The van der Waals surface area contributed by atoms with Gasteiger partial charge < -0.3 is 19.1 Å². The van der Waals surface area contributed by atoms with Crippen LogP contribution in [0.4, 0.5) is 8.78 Å². The molecule has 0 saturated carbocycles. The van der Waals surface area contributed by atoms with Gasteiger partial charge >= 0.3 is 0 Å². The molecule has 0 saturated heterocycles. The first-order chi connectivity index (χ1) is 17.3. The molecular formula is C27H35ClF2N2O3SSi. The standard InChI is InChI=1S/C27H35ClF2N2O3SSi/c1-27(2,16-33)8-6-19(36)12-18-13-21(29)25(22(30)14-18)35-23-7-9-31-26-24(23)20(28)15-32(26)17-34-10-11-37(3,4)5/h7,9,13-15,33H,6,8,10-12,16-17H2,1-5H3. The first kappa shape index (κ1) is 29.6. The minimum Gasteiger partial charge on any atom is -0.450 e. The Morgan fingerprint density at radius 1 is 1.22 bits per heavy atom. The number of aliphatic hydroxyl groups excluding tert-OH is 1. The Bertz CT molecular complexity index is 1240. The van der Waals surface area contributed by atoms with Crippen LogP contribution in [-0.2, 0) is 17.9 Å². The molecule has 2 aromatic heterocycles. The lowest BCUT2D eigenvalue weighted by molar-refractivity contribution is 0.0899. The van der Waals surface area contributed by atoms with Crippen LogP contribution in [0.1, 0.15) is 32.3 Å². The number of hydrogen-bond donors (Lipinski definition) is 1. The van der Waals surface area contributed by atoms with E-state index in [4.69, 9.17) is 33.3 Å². The maximum atomic E-state index is 15.0. The number of aromatic nitrogens is 2. The van der Waals surface area contributed by atoms with E-state index in [0.717, 1.165) is 6.04 Å². The number of hydrogen-bond acceptors (Lipinski definition) is 5. The number of aliphatic hydroxyl groups is 1. The molecule has 0 amide bonds. The molecule has 37 heavy (non-hydrogen) atoms. The Hall–Kier alpha value is -1.91. The molecule has 3 rings (SSSR count). The minimum atomic E-state index is -1.22. The van der Waals surface area contributed by atoms with Crippen LogP contribution in [0, 0.1) is 17.0 Å². The lowest BCUT2D eigenvalue weighted by Gasteiger charge is -2.21. The van der Waals surface area contributed by atoms with E-state index >= 15 is 0 Å². The summed E-state index contributed by atoms with van der Waals surface area (Å²) in [7, 11) is -1.22. The molecule has 0 aliphatic rings. The highest BCUT2D eigenvalue weighted by molar-refractivity contribution is 7.80. The second-order valence-corrected chi connectivity index (χ2v) is 17.9. The van der Waals surface area contributed by atoms with Crippen molar-refractivity contribution < 1.29 is 23.4 Å². The van der Waals surface area contributed by atoms with Crippen molar-refractivity contribution in [3.63, 3.8) is 0 Å². The van der Waals surface area contributed by atoms with Crippen LogP contribution in [-0.4, -0.2) is 40.8 Å². The van der Waals surface area contributed by atoms with Crippen molar-refractivity contribution in [2.24, 2.45) is 5.41 Å².